The molecule has 1 aliphatic rings. The van der Waals surface area contributed by atoms with Gasteiger partial charge in [-0.05, 0) is 58.9 Å². The molecule has 0 aliphatic carbocycles. The van der Waals surface area contributed by atoms with Gasteiger partial charge >= 0.3 is 5.97 Å². The quantitative estimate of drug-likeness (QED) is 0.0385. The van der Waals surface area contributed by atoms with Crippen LogP contribution in [0.25, 0.3) is 11.1 Å². The molecule has 2 heterocycles. The first-order chi connectivity index (χ1) is 24.3. The maximum Gasteiger partial charge on any atom is 0.338 e. The summed E-state index contributed by atoms with van der Waals surface area (Å²) >= 11 is 1.34. The number of pyridine rings is 1. The molecule has 0 radical (unpaired) electrons. The Morgan fingerprint density at radius 2 is 1.56 bits per heavy atom. The molecule has 1 saturated heterocycles. The van der Waals surface area contributed by atoms with Crippen LogP contribution in [0.2, 0.25) is 0 Å². The summed E-state index contributed by atoms with van der Waals surface area (Å²) in [7, 11) is 0. The molecule has 11 nitrogen and oxygen atoms in total. The number of carbonyl (C=O) groups excluding carboxylic acids is 2. The minimum absolute atomic E-state index is 0.0484. The highest BCUT2D eigenvalue weighted by Crippen LogP contribution is 2.40. The molecule has 1 fully saturated rings. The van der Waals surface area contributed by atoms with Crippen LogP contribution < -0.4 is 10.8 Å². The van der Waals surface area contributed by atoms with Gasteiger partial charge in [-0.2, -0.15) is 0 Å². The fourth-order valence-electron chi connectivity index (χ4n) is 5.65. The van der Waals surface area contributed by atoms with E-state index < -0.39 is 18.2 Å². The number of hydrogen-bond donors (Lipinski definition) is 5. The third kappa shape index (κ3) is 10.5. The molecule has 3 atom stereocenters. The van der Waals surface area contributed by atoms with Crippen LogP contribution in [0, 0.1) is 0 Å². The predicted molar refractivity (Wildman–Crippen MR) is 187 cm³/mol. The lowest BCUT2D eigenvalue weighted by atomic mass is 9.99. The van der Waals surface area contributed by atoms with Gasteiger partial charge in [-0.15, -0.1) is 11.8 Å². The normalized spacial score (nSPS) is 17.2. The second-order valence-electron chi connectivity index (χ2n) is 12.0. The Bertz CT molecular complexity index is 1740. The predicted octanol–water partition coefficient (Wildman–Crippen LogP) is 6.35. The summed E-state index contributed by atoms with van der Waals surface area (Å²) in [6, 6.07) is 26.7. The molecule has 3 aromatic carbocycles. The van der Waals surface area contributed by atoms with Crippen LogP contribution in [0.4, 0.5) is 0 Å². The van der Waals surface area contributed by atoms with E-state index in [1.54, 1.807) is 23.8 Å². The topological polar surface area (TPSA) is 167 Å². The first-order valence-corrected chi connectivity index (χ1v) is 17.5. The van der Waals surface area contributed by atoms with Crippen LogP contribution in [0.15, 0.2) is 96.2 Å². The lowest BCUT2D eigenvalue weighted by molar-refractivity contribution is -0.245. The number of hydrogen-bond acceptors (Lipinski definition) is 9. The minimum atomic E-state index is -1.03. The number of unbranched alkanes of at least 4 members (excludes halogenated alkanes) is 2. The second-order valence-corrected chi connectivity index (χ2v) is 13.0. The van der Waals surface area contributed by atoms with Crippen LogP contribution in [0.3, 0.4) is 0 Å². The van der Waals surface area contributed by atoms with E-state index in [-0.39, 0.29) is 36.7 Å². The van der Waals surface area contributed by atoms with Gasteiger partial charge in [0.2, 0.25) is 11.8 Å². The highest BCUT2D eigenvalue weighted by molar-refractivity contribution is 7.99. The van der Waals surface area contributed by atoms with Gasteiger partial charge in [-0.1, -0.05) is 73.2 Å². The first kappa shape index (κ1) is 36.7. The molecule has 1 aromatic heterocycles. The Labute approximate surface area is 295 Å². The van der Waals surface area contributed by atoms with Crippen molar-refractivity contribution in [1.82, 2.24) is 15.8 Å². The number of aliphatic hydroxyl groups excluding tert-OH is 1. The summed E-state index contributed by atoms with van der Waals surface area (Å²) in [5.74, 6) is -1.03. The number of carbonyl (C=O) groups is 3. The molecular formula is C38H41N3O8S. The van der Waals surface area contributed by atoms with Crippen molar-refractivity contribution < 1.29 is 39.3 Å². The van der Waals surface area contributed by atoms with E-state index in [9.17, 15) is 24.6 Å². The molecule has 2 amide bonds. The van der Waals surface area contributed by atoms with Crippen molar-refractivity contribution >= 4 is 29.5 Å². The number of aliphatic hydroxyl groups is 1. The number of ether oxygens (including phenoxy) is 2. The van der Waals surface area contributed by atoms with Gasteiger partial charge < -0.3 is 25.0 Å². The van der Waals surface area contributed by atoms with Crippen molar-refractivity contribution in [2.24, 2.45) is 0 Å². The SMILES string of the molecule is O=C(CCCCCC(=O)NCc1cccc(-c2ccc(C3OC(CSc4ncccc4C(=O)O)CC(c4ccc(CO)cc4)O3)cc2)c1)NO. The zero-order valence-corrected chi connectivity index (χ0v) is 28.3. The molecule has 5 rings (SSSR count). The van der Waals surface area contributed by atoms with E-state index >= 15 is 0 Å². The van der Waals surface area contributed by atoms with Crippen LogP contribution >= 0.6 is 11.8 Å². The molecule has 0 spiro atoms. The summed E-state index contributed by atoms with van der Waals surface area (Å²) in [6.45, 7) is 0.348. The molecule has 4 aromatic rings. The highest BCUT2D eigenvalue weighted by Gasteiger charge is 2.32. The molecular weight excluding hydrogens is 658 g/mol. The fourth-order valence-corrected chi connectivity index (χ4v) is 6.65. The zero-order chi connectivity index (χ0) is 35.3. The number of nitrogens with one attached hydrogen (secondary N) is 2. The van der Waals surface area contributed by atoms with E-state index in [2.05, 4.69) is 10.3 Å². The monoisotopic (exact) mass is 699 g/mol. The van der Waals surface area contributed by atoms with Crippen LogP contribution in [0.5, 0.6) is 0 Å². The van der Waals surface area contributed by atoms with Crippen molar-refractivity contribution in [3.8, 4) is 11.1 Å². The number of amides is 2. The van der Waals surface area contributed by atoms with Gasteiger partial charge in [0.15, 0.2) is 6.29 Å². The highest BCUT2D eigenvalue weighted by atomic mass is 32.2. The molecule has 50 heavy (non-hydrogen) atoms. The van der Waals surface area contributed by atoms with E-state index in [1.165, 1.54) is 11.8 Å². The lowest BCUT2D eigenvalue weighted by Gasteiger charge is -2.36. The molecule has 0 bridgehead atoms. The average Bonchev–Trinajstić information content (AvgIpc) is 3.16. The second kappa shape index (κ2) is 18.4. The Hall–Kier alpha value is -4.59. The van der Waals surface area contributed by atoms with Crippen LogP contribution in [0.1, 0.15) is 83.5 Å². The Morgan fingerprint density at radius 3 is 2.28 bits per heavy atom. The van der Waals surface area contributed by atoms with E-state index in [0.29, 0.717) is 43.0 Å². The van der Waals surface area contributed by atoms with Gasteiger partial charge in [-0.3, -0.25) is 14.8 Å². The Morgan fingerprint density at radius 1 is 0.820 bits per heavy atom. The molecule has 262 valence electrons. The number of thioether (sulfide) groups is 1. The van der Waals surface area contributed by atoms with Gasteiger partial charge in [-0.25, -0.2) is 15.3 Å². The largest absolute Gasteiger partial charge is 0.478 e. The van der Waals surface area contributed by atoms with Gasteiger partial charge in [0, 0.05) is 43.3 Å². The first-order valence-electron chi connectivity index (χ1n) is 16.5. The maximum absolute atomic E-state index is 12.3. The number of carboxylic acids is 1. The molecule has 1 aliphatic heterocycles. The van der Waals surface area contributed by atoms with E-state index in [1.807, 2.05) is 72.8 Å². The Kier molecular flexibility index (Phi) is 13.5. The number of benzene rings is 3. The fraction of sp³-hybridized carbons (Fsp3) is 0.316. The van der Waals surface area contributed by atoms with Gasteiger partial charge in [0.1, 0.15) is 5.03 Å². The summed E-state index contributed by atoms with van der Waals surface area (Å²) in [6.07, 6.45) is 3.53. The summed E-state index contributed by atoms with van der Waals surface area (Å²) in [4.78, 5) is 39.4. The number of hydroxylamine groups is 1. The maximum atomic E-state index is 12.3. The van der Waals surface area contributed by atoms with Crippen LogP contribution in [-0.4, -0.2) is 50.0 Å². The van der Waals surface area contributed by atoms with E-state index in [0.717, 1.165) is 39.8 Å². The molecule has 3 unspecified atom stereocenters. The third-order valence-electron chi connectivity index (χ3n) is 8.39. The minimum Gasteiger partial charge on any atom is -0.478 e. The number of aromatic nitrogens is 1. The van der Waals surface area contributed by atoms with Crippen molar-refractivity contribution in [3.63, 3.8) is 0 Å². The van der Waals surface area contributed by atoms with Crippen molar-refractivity contribution in [1.29, 1.82) is 0 Å². The summed E-state index contributed by atoms with van der Waals surface area (Å²) in [5, 5.41) is 31.1. The molecule has 5 N–H and O–H groups in total. The number of aromatic carboxylic acids is 1. The van der Waals surface area contributed by atoms with Crippen molar-refractivity contribution in [3.05, 3.63) is 119 Å². The van der Waals surface area contributed by atoms with Crippen LogP contribution in [-0.2, 0) is 32.2 Å². The number of rotatable bonds is 16. The average molecular weight is 700 g/mol. The van der Waals surface area contributed by atoms with Crippen molar-refractivity contribution in [2.45, 2.75) is 75.2 Å². The summed E-state index contributed by atoms with van der Waals surface area (Å²) in [5.41, 5.74) is 7.32. The Balaban J connectivity index is 1.23. The van der Waals surface area contributed by atoms with Gasteiger partial charge in [0.05, 0.1) is 24.4 Å². The lowest BCUT2D eigenvalue weighted by Crippen LogP contribution is -2.31. The molecule has 0 saturated carbocycles. The standard InChI is InChI=1S/C38H41N3O8S/c42-23-25-11-13-28(14-12-25)33-21-31(24-50-36-32(37(45)46)8-5-19-39-36)48-38(49-33)29-17-15-27(16-18-29)30-7-4-6-26(20-30)22-40-34(43)9-2-1-3-10-35(44)41-47/h4-8,11-20,31,33,38,42,47H,1-3,9-10,21-24H2,(H,40,43)(H,41,44)(H,45,46). The van der Waals surface area contributed by atoms with E-state index in [4.69, 9.17) is 14.7 Å². The number of nitrogens with zero attached hydrogens (tertiary/aromatic N) is 1. The number of carboxylic acid groups (broad SMARTS) is 1. The summed E-state index contributed by atoms with van der Waals surface area (Å²) < 4.78 is 12.9. The molecule has 12 heteroatoms. The smallest absolute Gasteiger partial charge is 0.338 e. The zero-order valence-electron chi connectivity index (χ0n) is 27.5. The van der Waals surface area contributed by atoms with Crippen molar-refractivity contribution in [2.75, 3.05) is 5.75 Å². The third-order valence-corrected chi connectivity index (χ3v) is 9.52. The van der Waals surface area contributed by atoms with Gasteiger partial charge in [0.25, 0.3) is 0 Å².